The van der Waals surface area contributed by atoms with Gasteiger partial charge in [0.05, 0.1) is 11.8 Å². The van der Waals surface area contributed by atoms with E-state index in [-0.39, 0.29) is 30.5 Å². The second kappa shape index (κ2) is 11.5. The Bertz CT molecular complexity index is 611. The summed E-state index contributed by atoms with van der Waals surface area (Å²) < 4.78 is 22.2. The molecular weight excluding hydrogens is 362 g/mol. The van der Waals surface area contributed by atoms with Crippen LogP contribution >= 0.6 is 12.4 Å². The fraction of sp³-hybridized carbons (Fsp3) is 0.588. The Kier molecular flexibility index (Phi) is 10.9. The smallest absolute Gasteiger partial charge is 0.236 e. The number of carbonyl (C=O) groups is 1. The van der Waals surface area contributed by atoms with Gasteiger partial charge >= 0.3 is 0 Å². The summed E-state index contributed by atoms with van der Waals surface area (Å²) in [7, 11) is -1.04. The van der Waals surface area contributed by atoms with Gasteiger partial charge in [0.25, 0.3) is 0 Å². The van der Waals surface area contributed by atoms with Crippen LogP contribution in [0.25, 0.3) is 0 Å². The van der Waals surface area contributed by atoms with Crippen LogP contribution in [0.2, 0.25) is 0 Å². The number of sulfone groups is 1. The number of halogens is 1. The maximum absolute atomic E-state index is 11.9. The van der Waals surface area contributed by atoms with Crippen LogP contribution in [0.15, 0.2) is 30.3 Å². The summed E-state index contributed by atoms with van der Waals surface area (Å²) in [5.74, 6) is -0.366. The van der Waals surface area contributed by atoms with Crippen molar-refractivity contribution in [2.24, 2.45) is 5.73 Å². The number of nitrogens with one attached hydrogen (secondary N) is 1. The normalized spacial score (nSPS) is 13.8. The third-order valence-corrected chi connectivity index (χ3v) is 5.00. The molecule has 3 N–H and O–H groups in total. The Morgan fingerprint density at radius 3 is 2.40 bits per heavy atom. The minimum atomic E-state index is -3.09. The van der Waals surface area contributed by atoms with Crippen molar-refractivity contribution in [3.8, 4) is 0 Å². The number of benzene rings is 1. The van der Waals surface area contributed by atoms with E-state index in [0.29, 0.717) is 12.6 Å². The average molecular weight is 392 g/mol. The highest BCUT2D eigenvalue weighted by Gasteiger charge is 2.16. The lowest BCUT2D eigenvalue weighted by Crippen LogP contribution is -2.43. The molecule has 6 nitrogen and oxygen atoms in total. The summed E-state index contributed by atoms with van der Waals surface area (Å²) >= 11 is 0. The molecule has 0 aliphatic rings. The van der Waals surface area contributed by atoms with Gasteiger partial charge in [-0.15, -0.1) is 12.4 Å². The molecule has 1 aromatic rings. The van der Waals surface area contributed by atoms with E-state index >= 15 is 0 Å². The van der Waals surface area contributed by atoms with Gasteiger partial charge in [0.15, 0.2) is 0 Å². The van der Waals surface area contributed by atoms with Gasteiger partial charge in [0.1, 0.15) is 9.84 Å². The molecule has 0 aromatic heterocycles. The molecule has 0 heterocycles. The maximum Gasteiger partial charge on any atom is 0.236 e. The van der Waals surface area contributed by atoms with Crippen LogP contribution in [0.1, 0.15) is 25.3 Å². The molecule has 0 saturated carbocycles. The highest BCUT2D eigenvalue weighted by Crippen LogP contribution is 2.08. The lowest BCUT2D eigenvalue weighted by atomic mass is 10.1. The van der Waals surface area contributed by atoms with Crippen molar-refractivity contribution < 1.29 is 13.2 Å². The minimum Gasteiger partial charge on any atom is -0.355 e. The molecule has 2 unspecified atom stereocenters. The molecule has 0 radical (unpaired) electrons. The zero-order valence-electron chi connectivity index (χ0n) is 15.1. The van der Waals surface area contributed by atoms with Gasteiger partial charge in [-0.1, -0.05) is 30.3 Å². The van der Waals surface area contributed by atoms with Crippen LogP contribution in [-0.2, 0) is 21.2 Å². The molecule has 0 saturated heterocycles. The zero-order chi connectivity index (χ0) is 18.2. The minimum absolute atomic E-state index is 0. The monoisotopic (exact) mass is 391 g/mol. The van der Waals surface area contributed by atoms with Crippen molar-refractivity contribution in [1.82, 2.24) is 10.2 Å². The van der Waals surface area contributed by atoms with E-state index in [1.54, 1.807) is 0 Å². The van der Waals surface area contributed by atoms with Gasteiger partial charge in [-0.2, -0.15) is 0 Å². The van der Waals surface area contributed by atoms with Crippen molar-refractivity contribution in [3.05, 3.63) is 35.9 Å². The summed E-state index contributed by atoms with van der Waals surface area (Å²) in [6, 6.07) is 9.74. The third-order valence-electron chi connectivity index (χ3n) is 4.03. The summed E-state index contributed by atoms with van der Waals surface area (Å²) in [6.07, 6.45) is 2.09. The highest BCUT2D eigenvalue weighted by atomic mass is 35.5. The van der Waals surface area contributed by atoms with Crippen LogP contribution in [0.4, 0.5) is 0 Å². The van der Waals surface area contributed by atoms with Gasteiger partial charge in [0.2, 0.25) is 5.91 Å². The second-order valence-corrected chi connectivity index (χ2v) is 8.61. The average Bonchev–Trinajstić information content (AvgIpc) is 2.52. The highest BCUT2D eigenvalue weighted by molar-refractivity contribution is 7.90. The van der Waals surface area contributed by atoms with Crippen LogP contribution in [-0.4, -0.2) is 56.9 Å². The molecule has 0 fully saturated rings. The van der Waals surface area contributed by atoms with E-state index in [9.17, 15) is 13.2 Å². The van der Waals surface area contributed by atoms with E-state index in [4.69, 9.17) is 5.73 Å². The first-order valence-electron chi connectivity index (χ1n) is 8.14. The van der Waals surface area contributed by atoms with Crippen molar-refractivity contribution >= 4 is 28.2 Å². The summed E-state index contributed by atoms with van der Waals surface area (Å²) in [5, 5.41) is 2.78. The number of nitrogens with zero attached hydrogens (tertiary/aromatic N) is 1. The van der Waals surface area contributed by atoms with Crippen molar-refractivity contribution in [1.29, 1.82) is 0 Å². The Hall–Kier alpha value is -1.15. The molecule has 2 atom stereocenters. The molecule has 1 rings (SSSR count). The third kappa shape index (κ3) is 10.4. The molecule has 144 valence electrons. The zero-order valence-corrected chi connectivity index (χ0v) is 16.8. The fourth-order valence-corrected chi connectivity index (χ4v) is 2.94. The number of nitrogens with two attached hydrogens (primary N) is 1. The number of amides is 1. The number of rotatable bonds is 10. The Morgan fingerprint density at radius 2 is 1.84 bits per heavy atom. The van der Waals surface area contributed by atoms with Crippen molar-refractivity contribution in [2.75, 3.05) is 25.6 Å². The molecule has 0 aliphatic carbocycles. The van der Waals surface area contributed by atoms with E-state index in [1.165, 1.54) is 5.56 Å². The van der Waals surface area contributed by atoms with Crippen LogP contribution in [0, 0.1) is 0 Å². The molecule has 8 heteroatoms. The van der Waals surface area contributed by atoms with E-state index in [2.05, 4.69) is 36.3 Å². The molecule has 0 bridgehead atoms. The Labute approximate surface area is 157 Å². The molecule has 0 spiro atoms. The van der Waals surface area contributed by atoms with E-state index in [1.807, 2.05) is 18.2 Å². The number of hydrogen-bond acceptors (Lipinski definition) is 5. The van der Waals surface area contributed by atoms with Crippen molar-refractivity contribution in [3.63, 3.8) is 0 Å². The molecule has 1 aromatic carbocycles. The van der Waals surface area contributed by atoms with Gasteiger partial charge in [-0.25, -0.2) is 8.42 Å². The predicted octanol–water partition coefficient (Wildman–Crippen LogP) is 1.20. The van der Waals surface area contributed by atoms with Gasteiger partial charge in [0, 0.05) is 25.4 Å². The van der Waals surface area contributed by atoms with Crippen LogP contribution in [0.5, 0.6) is 0 Å². The molecule has 1 amide bonds. The summed E-state index contributed by atoms with van der Waals surface area (Å²) in [6.45, 7) is 3.48. The lowest BCUT2D eigenvalue weighted by molar-refractivity contribution is -0.122. The van der Waals surface area contributed by atoms with Crippen LogP contribution < -0.4 is 11.1 Å². The summed E-state index contributed by atoms with van der Waals surface area (Å²) in [4.78, 5) is 14.1. The number of hydrogen-bond donors (Lipinski definition) is 2. The first kappa shape index (κ1) is 23.9. The predicted molar refractivity (Wildman–Crippen MR) is 105 cm³/mol. The standard InChI is InChI=1S/C17H29N3O3S.ClH/c1-14(20(2)13-15-7-5-4-6-8-15)9-11-19-17(21)16(18)10-12-24(3,22)23;/h4-8,14,16H,9-13,18H2,1-3H3,(H,19,21);1H. The van der Waals surface area contributed by atoms with Crippen LogP contribution in [0.3, 0.4) is 0 Å². The molecular formula is C17H30ClN3O3S. The first-order valence-corrected chi connectivity index (χ1v) is 10.2. The SMILES string of the molecule is CC(CCNC(=O)C(N)CCS(C)(=O)=O)N(C)Cc1ccccc1.Cl. The first-order chi connectivity index (χ1) is 11.2. The second-order valence-electron chi connectivity index (χ2n) is 6.35. The Balaban J connectivity index is 0.00000576. The van der Waals surface area contributed by atoms with Gasteiger partial charge < -0.3 is 11.1 Å². The molecule has 0 aliphatic heterocycles. The maximum atomic E-state index is 11.9. The quantitative estimate of drug-likeness (QED) is 0.625. The number of carbonyl (C=O) groups excluding carboxylic acids is 1. The largest absolute Gasteiger partial charge is 0.355 e. The fourth-order valence-electron chi connectivity index (χ4n) is 2.26. The van der Waals surface area contributed by atoms with Gasteiger partial charge in [-0.3, -0.25) is 9.69 Å². The van der Waals surface area contributed by atoms with E-state index in [0.717, 1.165) is 19.2 Å². The Morgan fingerprint density at radius 1 is 1.24 bits per heavy atom. The van der Waals surface area contributed by atoms with Gasteiger partial charge in [-0.05, 0) is 32.4 Å². The van der Waals surface area contributed by atoms with E-state index < -0.39 is 15.9 Å². The summed E-state index contributed by atoms with van der Waals surface area (Å²) in [5.41, 5.74) is 6.97. The lowest BCUT2D eigenvalue weighted by Gasteiger charge is -2.25. The van der Waals surface area contributed by atoms with Crippen molar-refractivity contribution in [2.45, 2.75) is 38.4 Å². The molecule has 25 heavy (non-hydrogen) atoms. The topological polar surface area (TPSA) is 92.5 Å².